The lowest BCUT2D eigenvalue weighted by molar-refractivity contribution is 0.115. The van der Waals surface area contributed by atoms with Gasteiger partial charge in [0, 0.05) is 5.02 Å². The summed E-state index contributed by atoms with van der Waals surface area (Å²) >= 11 is 5.65. The minimum atomic E-state index is -3.76. The number of sulfonamides is 1. The average Bonchev–Trinajstić information content (AvgIpc) is 2.26. The molecule has 5 nitrogen and oxygen atoms in total. The summed E-state index contributed by atoms with van der Waals surface area (Å²) in [6.45, 7) is 0.912. The maximum Gasteiger partial charge on any atom is 0.240 e. The highest BCUT2D eigenvalue weighted by Gasteiger charge is 2.22. The Labute approximate surface area is 105 Å². The number of benzene rings is 1. The number of aliphatic hydroxyl groups excluding tert-OH is 2. The Morgan fingerprint density at radius 2 is 1.88 bits per heavy atom. The maximum atomic E-state index is 11.8. The largest absolute Gasteiger partial charge is 0.395 e. The molecule has 7 heteroatoms. The van der Waals surface area contributed by atoms with E-state index in [0.717, 1.165) is 0 Å². The van der Waals surface area contributed by atoms with E-state index in [9.17, 15) is 13.5 Å². The van der Waals surface area contributed by atoms with Crippen LogP contribution in [0.25, 0.3) is 0 Å². The van der Waals surface area contributed by atoms with E-state index in [4.69, 9.17) is 16.7 Å². The van der Waals surface area contributed by atoms with Gasteiger partial charge in [-0.25, -0.2) is 13.1 Å². The zero-order valence-electron chi connectivity index (χ0n) is 9.17. The summed E-state index contributed by atoms with van der Waals surface area (Å²) in [7, 11) is -3.76. The minimum Gasteiger partial charge on any atom is -0.395 e. The third-order valence-corrected chi connectivity index (χ3v) is 3.97. The number of rotatable bonds is 5. The molecular weight excluding hydrogens is 266 g/mol. The molecule has 96 valence electrons. The van der Waals surface area contributed by atoms with Crippen LogP contribution in [0.4, 0.5) is 0 Å². The summed E-state index contributed by atoms with van der Waals surface area (Å²) in [5.74, 6) is 0. The molecule has 0 saturated heterocycles. The van der Waals surface area contributed by atoms with Crippen LogP contribution in [0.3, 0.4) is 0 Å². The van der Waals surface area contributed by atoms with Crippen LogP contribution in [0.2, 0.25) is 5.02 Å². The first-order valence-corrected chi connectivity index (χ1v) is 6.80. The van der Waals surface area contributed by atoms with E-state index in [1.807, 2.05) is 0 Å². The van der Waals surface area contributed by atoms with Crippen molar-refractivity contribution in [1.82, 2.24) is 4.72 Å². The standard InChI is InChI=1S/C10H14ClNO4S/c1-7(14)10(6-13)12-17(15,16)9-4-2-8(11)3-5-9/h2-5,7,10,12-14H,6H2,1H3/t7-,10-/m1/s1. The first-order chi connectivity index (χ1) is 7.86. The van der Waals surface area contributed by atoms with Crippen LogP contribution in [0, 0.1) is 0 Å². The summed E-state index contributed by atoms with van der Waals surface area (Å²) < 4.78 is 25.9. The van der Waals surface area contributed by atoms with Gasteiger partial charge in [0.2, 0.25) is 10.0 Å². The molecule has 0 radical (unpaired) electrons. The lowest BCUT2D eigenvalue weighted by Gasteiger charge is -2.18. The number of hydrogen-bond acceptors (Lipinski definition) is 4. The number of halogens is 1. The van der Waals surface area contributed by atoms with Gasteiger partial charge in [0.25, 0.3) is 0 Å². The number of hydrogen-bond donors (Lipinski definition) is 3. The normalized spacial score (nSPS) is 15.5. The van der Waals surface area contributed by atoms with E-state index in [1.54, 1.807) is 0 Å². The van der Waals surface area contributed by atoms with E-state index in [1.165, 1.54) is 31.2 Å². The van der Waals surface area contributed by atoms with Crippen molar-refractivity contribution in [3.8, 4) is 0 Å². The van der Waals surface area contributed by atoms with Crippen LogP contribution < -0.4 is 4.72 Å². The molecule has 0 heterocycles. The Morgan fingerprint density at radius 1 is 1.35 bits per heavy atom. The predicted octanol–water partition coefficient (Wildman–Crippen LogP) is 0.360. The lowest BCUT2D eigenvalue weighted by atomic mass is 10.2. The molecule has 0 fully saturated rings. The fourth-order valence-electron chi connectivity index (χ4n) is 1.17. The van der Waals surface area contributed by atoms with Crippen molar-refractivity contribution in [2.24, 2.45) is 0 Å². The Bertz CT molecular complexity index is 458. The van der Waals surface area contributed by atoms with Gasteiger partial charge in [-0.2, -0.15) is 0 Å². The van der Waals surface area contributed by atoms with Crippen LogP contribution in [0.5, 0.6) is 0 Å². The van der Waals surface area contributed by atoms with Crippen molar-refractivity contribution in [3.63, 3.8) is 0 Å². The van der Waals surface area contributed by atoms with Crippen molar-refractivity contribution in [3.05, 3.63) is 29.3 Å². The van der Waals surface area contributed by atoms with E-state index in [0.29, 0.717) is 5.02 Å². The van der Waals surface area contributed by atoms with Gasteiger partial charge in [-0.1, -0.05) is 11.6 Å². The summed E-state index contributed by atoms with van der Waals surface area (Å²) in [5, 5.41) is 18.6. The Morgan fingerprint density at radius 3 is 2.29 bits per heavy atom. The van der Waals surface area contributed by atoms with Crippen LogP contribution >= 0.6 is 11.6 Å². The molecule has 0 aliphatic rings. The second-order valence-electron chi connectivity index (χ2n) is 3.60. The van der Waals surface area contributed by atoms with Crippen molar-refractivity contribution in [2.45, 2.75) is 24.0 Å². The third kappa shape index (κ3) is 3.93. The van der Waals surface area contributed by atoms with Gasteiger partial charge in [-0.15, -0.1) is 0 Å². The van der Waals surface area contributed by atoms with Crippen LogP contribution in [-0.2, 0) is 10.0 Å². The molecule has 0 saturated carbocycles. The molecule has 2 atom stereocenters. The van der Waals surface area contributed by atoms with E-state index in [2.05, 4.69) is 4.72 Å². The fourth-order valence-corrected chi connectivity index (χ4v) is 2.60. The quantitative estimate of drug-likeness (QED) is 0.726. The van der Waals surface area contributed by atoms with E-state index in [-0.39, 0.29) is 4.90 Å². The fraction of sp³-hybridized carbons (Fsp3) is 0.400. The number of nitrogens with one attached hydrogen (secondary N) is 1. The molecule has 1 rings (SSSR count). The van der Waals surface area contributed by atoms with Gasteiger partial charge in [-0.3, -0.25) is 0 Å². The zero-order chi connectivity index (χ0) is 13.1. The average molecular weight is 280 g/mol. The minimum absolute atomic E-state index is 0.0287. The highest BCUT2D eigenvalue weighted by Crippen LogP contribution is 2.14. The molecule has 17 heavy (non-hydrogen) atoms. The molecule has 1 aromatic carbocycles. The first-order valence-electron chi connectivity index (χ1n) is 4.93. The highest BCUT2D eigenvalue weighted by atomic mass is 35.5. The molecular formula is C10H14ClNO4S. The molecule has 0 bridgehead atoms. The topological polar surface area (TPSA) is 86.6 Å². The van der Waals surface area contributed by atoms with Crippen molar-refractivity contribution >= 4 is 21.6 Å². The summed E-state index contributed by atoms with van der Waals surface area (Å²) in [5.41, 5.74) is 0. The molecule has 0 unspecified atom stereocenters. The summed E-state index contributed by atoms with van der Waals surface area (Å²) in [4.78, 5) is 0.0287. The molecule has 0 aliphatic carbocycles. The third-order valence-electron chi connectivity index (χ3n) is 2.21. The van der Waals surface area contributed by atoms with Crippen LogP contribution in [0.15, 0.2) is 29.2 Å². The molecule has 0 spiro atoms. The Balaban J connectivity index is 2.92. The summed E-state index contributed by atoms with van der Waals surface area (Å²) in [6, 6.07) is 4.66. The van der Waals surface area contributed by atoms with Crippen LogP contribution in [0.1, 0.15) is 6.92 Å². The van der Waals surface area contributed by atoms with Crippen molar-refractivity contribution in [1.29, 1.82) is 0 Å². The second kappa shape index (κ2) is 5.79. The van der Waals surface area contributed by atoms with Gasteiger partial charge in [0.15, 0.2) is 0 Å². The van der Waals surface area contributed by atoms with Crippen molar-refractivity contribution in [2.75, 3.05) is 6.61 Å². The van der Waals surface area contributed by atoms with Gasteiger partial charge in [-0.05, 0) is 31.2 Å². The van der Waals surface area contributed by atoms with Gasteiger partial charge in [0.05, 0.1) is 23.6 Å². The highest BCUT2D eigenvalue weighted by molar-refractivity contribution is 7.89. The van der Waals surface area contributed by atoms with E-state index < -0.39 is 28.8 Å². The SMILES string of the molecule is C[C@@H](O)[C@@H](CO)NS(=O)(=O)c1ccc(Cl)cc1. The number of aliphatic hydroxyl groups is 2. The van der Waals surface area contributed by atoms with Gasteiger partial charge < -0.3 is 10.2 Å². The monoisotopic (exact) mass is 279 g/mol. The zero-order valence-corrected chi connectivity index (χ0v) is 10.7. The maximum absolute atomic E-state index is 11.8. The van der Waals surface area contributed by atoms with Gasteiger partial charge >= 0.3 is 0 Å². The first kappa shape index (κ1) is 14.4. The van der Waals surface area contributed by atoms with Crippen LogP contribution in [-0.4, -0.2) is 37.4 Å². The smallest absolute Gasteiger partial charge is 0.240 e. The predicted molar refractivity (Wildman–Crippen MR) is 64.3 cm³/mol. The lowest BCUT2D eigenvalue weighted by Crippen LogP contribution is -2.44. The Hall–Kier alpha value is -0.660. The Kier molecular flexibility index (Phi) is 4.91. The summed E-state index contributed by atoms with van der Waals surface area (Å²) in [6.07, 6.45) is -0.984. The molecule has 0 aromatic heterocycles. The van der Waals surface area contributed by atoms with E-state index >= 15 is 0 Å². The molecule has 0 amide bonds. The molecule has 1 aromatic rings. The molecule has 3 N–H and O–H groups in total. The second-order valence-corrected chi connectivity index (χ2v) is 5.76. The van der Waals surface area contributed by atoms with Crippen molar-refractivity contribution < 1.29 is 18.6 Å². The molecule has 0 aliphatic heterocycles. The van der Waals surface area contributed by atoms with Gasteiger partial charge in [0.1, 0.15) is 0 Å².